The van der Waals surface area contributed by atoms with Crippen molar-refractivity contribution in [3.05, 3.63) is 42.6 Å². The van der Waals surface area contributed by atoms with Gasteiger partial charge in [0, 0.05) is 12.1 Å². The molecular weight excluding hydrogens is 228 g/mol. The molecule has 2 aromatic rings. The summed E-state index contributed by atoms with van der Waals surface area (Å²) in [7, 11) is 1.64. The molecule has 0 amide bonds. The van der Waals surface area contributed by atoms with Crippen LogP contribution in [0.2, 0.25) is 0 Å². The lowest BCUT2D eigenvalue weighted by atomic mass is 10.1. The van der Waals surface area contributed by atoms with Gasteiger partial charge in [0.05, 0.1) is 19.3 Å². The molecule has 0 saturated heterocycles. The number of hydrogen-bond donors (Lipinski definition) is 1. The fourth-order valence-corrected chi connectivity index (χ4v) is 1.80. The number of hydrogen-bond acceptors (Lipinski definition) is 4. The number of nitrogens with zero attached hydrogens (tertiary/aromatic N) is 3. The zero-order valence-electron chi connectivity index (χ0n) is 10.3. The Hall–Kier alpha value is -2.14. The fraction of sp³-hybridized carbons (Fsp3) is 0.231. The third-order valence-electron chi connectivity index (χ3n) is 2.66. The van der Waals surface area contributed by atoms with Gasteiger partial charge in [0.25, 0.3) is 0 Å². The van der Waals surface area contributed by atoms with Gasteiger partial charge in [-0.1, -0.05) is 11.3 Å². The molecule has 94 valence electrons. The maximum atomic E-state index is 5.69. The van der Waals surface area contributed by atoms with Gasteiger partial charge in [-0.2, -0.15) is 0 Å². The highest BCUT2D eigenvalue weighted by molar-refractivity contribution is 5.62. The molecule has 1 aromatic heterocycles. The fourth-order valence-electron chi connectivity index (χ4n) is 1.80. The Morgan fingerprint density at radius 3 is 2.67 bits per heavy atom. The van der Waals surface area contributed by atoms with Crippen LogP contribution in [0.3, 0.4) is 0 Å². The van der Waals surface area contributed by atoms with E-state index in [1.165, 1.54) is 0 Å². The van der Waals surface area contributed by atoms with E-state index >= 15 is 0 Å². The molecule has 0 aliphatic rings. The Kier molecular flexibility index (Phi) is 3.74. The maximum Gasteiger partial charge on any atom is 0.118 e. The number of allylic oxidation sites excluding steroid dienone is 1. The Morgan fingerprint density at radius 1 is 1.39 bits per heavy atom. The first-order chi connectivity index (χ1) is 8.80. The van der Waals surface area contributed by atoms with Gasteiger partial charge in [-0.05, 0) is 24.3 Å². The third-order valence-corrected chi connectivity index (χ3v) is 2.66. The van der Waals surface area contributed by atoms with E-state index in [1.54, 1.807) is 17.9 Å². The quantitative estimate of drug-likeness (QED) is 0.811. The van der Waals surface area contributed by atoms with E-state index in [-0.39, 0.29) is 0 Å². The number of methoxy groups -OCH3 is 1. The van der Waals surface area contributed by atoms with Crippen molar-refractivity contribution in [2.45, 2.75) is 13.1 Å². The summed E-state index contributed by atoms with van der Waals surface area (Å²) >= 11 is 0. The van der Waals surface area contributed by atoms with Crippen molar-refractivity contribution < 1.29 is 4.74 Å². The van der Waals surface area contributed by atoms with Crippen molar-refractivity contribution in [1.29, 1.82) is 0 Å². The van der Waals surface area contributed by atoms with Crippen LogP contribution < -0.4 is 10.5 Å². The van der Waals surface area contributed by atoms with Gasteiger partial charge >= 0.3 is 0 Å². The first-order valence-corrected chi connectivity index (χ1v) is 5.68. The van der Waals surface area contributed by atoms with Gasteiger partial charge in [0.2, 0.25) is 0 Å². The summed E-state index contributed by atoms with van der Waals surface area (Å²) in [6.07, 6.45) is 1.78. The van der Waals surface area contributed by atoms with Crippen LogP contribution in [-0.4, -0.2) is 22.1 Å². The molecule has 0 unspecified atom stereocenters. The minimum Gasteiger partial charge on any atom is -0.497 e. The van der Waals surface area contributed by atoms with Gasteiger partial charge in [-0.15, -0.1) is 11.7 Å². The highest BCUT2D eigenvalue weighted by Gasteiger charge is 2.12. The van der Waals surface area contributed by atoms with E-state index in [2.05, 4.69) is 16.9 Å². The Bertz CT molecular complexity index is 530. The summed E-state index contributed by atoms with van der Waals surface area (Å²) in [5.41, 5.74) is 8.41. The van der Waals surface area contributed by atoms with Crippen LogP contribution >= 0.6 is 0 Å². The predicted octanol–water partition coefficient (Wildman–Crippen LogP) is 1.60. The molecular formula is C13H16N4O. The van der Waals surface area contributed by atoms with Crippen LogP contribution in [0.25, 0.3) is 11.3 Å². The summed E-state index contributed by atoms with van der Waals surface area (Å²) in [6.45, 7) is 4.68. The van der Waals surface area contributed by atoms with Crippen molar-refractivity contribution in [3.63, 3.8) is 0 Å². The first kappa shape index (κ1) is 12.3. The van der Waals surface area contributed by atoms with Crippen molar-refractivity contribution in [2.75, 3.05) is 7.11 Å². The number of benzene rings is 1. The first-order valence-electron chi connectivity index (χ1n) is 5.68. The SMILES string of the molecule is C=CCn1nnc(CN)c1-c1ccc(OC)cc1. The zero-order chi connectivity index (χ0) is 13.0. The zero-order valence-corrected chi connectivity index (χ0v) is 10.3. The third kappa shape index (κ3) is 2.26. The molecule has 0 atom stereocenters. The van der Waals surface area contributed by atoms with Crippen LogP contribution in [0.4, 0.5) is 0 Å². The molecule has 0 radical (unpaired) electrons. The van der Waals surface area contributed by atoms with Gasteiger partial charge < -0.3 is 10.5 Å². The van der Waals surface area contributed by atoms with Gasteiger partial charge in [0.1, 0.15) is 11.4 Å². The van der Waals surface area contributed by atoms with Crippen LogP contribution in [0.15, 0.2) is 36.9 Å². The molecule has 18 heavy (non-hydrogen) atoms. The minimum atomic E-state index is 0.360. The molecule has 2 rings (SSSR count). The molecule has 0 bridgehead atoms. The molecule has 1 heterocycles. The summed E-state index contributed by atoms with van der Waals surface area (Å²) in [5, 5.41) is 8.16. The summed E-state index contributed by atoms with van der Waals surface area (Å²) in [5.74, 6) is 0.816. The molecule has 1 aromatic carbocycles. The van der Waals surface area contributed by atoms with Crippen LogP contribution in [0, 0.1) is 0 Å². The van der Waals surface area contributed by atoms with Gasteiger partial charge in [-0.25, -0.2) is 4.68 Å². The number of ether oxygens (including phenoxy) is 1. The Morgan fingerprint density at radius 2 is 2.11 bits per heavy atom. The van der Waals surface area contributed by atoms with E-state index in [1.807, 2.05) is 24.3 Å². The van der Waals surface area contributed by atoms with Crippen molar-refractivity contribution in [3.8, 4) is 17.0 Å². The topological polar surface area (TPSA) is 66.0 Å². The molecule has 0 saturated carbocycles. The lowest BCUT2D eigenvalue weighted by molar-refractivity contribution is 0.415. The lowest BCUT2D eigenvalue weighted by Gasteiger charge is -2.07. The standard InChI is InChI=1S/C13H16N4O/c1-3-8-17-13(12(9-14)15-16-17)10-4-6-11(18-2)7-5-10/h3-7H,1,8-9,14H2,2H3. The molecule has 0 aliphatic heterocycles. The maximum absolute atomic E-state index is 5.69. The van der Waals surface area contributed by atoms with Crippen molar-refractivity contribution in [2.24, 2.45) is 5.73 Å². The second kappa shape index (κ2) is 5.46. The molecule has 0 aliphatic carbocycles. The highest BCUT2D eigenvalue weighted by Crippen LogP contribution is 2.24. The molecule has 5 nitrogen and oxygen atoms in total. The second-order valence-corrected chi connectivity index (χ2v) is 3.79. The average Bonchev–Trinajstić information content (AvgIpc) is 2.82. The Labute approximate surface area is 106 Å². The summed E-state index contributed by atoms with van der Waals surface area (Å²) < 4.78 is 6.93. The van der Waals surface area contributed by atoms with E-state index in [0.717, 1.165) is 22.7 Å². The number of aromatic nitrogens is 3. The normalized spacial score (nSPS) is 10.3. The number of nitrogens with two attached hydrogens (primary N) is 1. The van der Waals surface area contributed by atoms with Crippen LogP contribution in [-0.2, 0) is 13.1 Å². The van der Waals surface area contributed by atoms with E-state index in [9.17, 15) is 0 Å². The minimum absolute atomic E-state index is 0.360. The Balaban J connectivity index is 2.46. The van der Waals surface area contributed by atoms with E-state index < -0.39 is 0 Å². The van der Waals surface area contributed by atoms with Gasteiger partial charge in [-0.3, -0.25) is 0 Å². The second-order valence-electron chi connectivity index (χ2n) is 3.79. The summed E-state index contributed by atoms with van der Waals surface area (Å²) in [4.78, 5) is 0. The monoisotopic (exact) mass is 244 g/mol. The van der Waals surface area contributed by atoms with Crippen LogP contribution in [0.1, 0.15) is 5.69 Å². The van der Waals surface area contributed by atoms with Crippen molar-refractivity contribution >= 4 is 0 Å². The molecule has 5 heteroatoms. The highest BCUT2D eigenvalue weighted by atomic mass is 16.5. The predicted molar refractivity (Wildman–Crippen MR) is 70.1 cm³/mol. The van der Waals surface area contributed by atoms with Crippen molar-refractivity contribution in [1.82, 2.24) is 15.0 Å². The molecule has 0 fully saturated rings. The average molecular weight is 244 g/mol. The van der Waals surface area contributed by atoms with Gasteiger partial charge in [0.15, 0.2) is 0 Å². The molecule has 2 N–H and O–H groups in total. The van der Waals surface area contributed by atoms with E-state index in [4.69, 9.17) is 10.5 Å². The van der Waals surface area contributed by atoms with E-state index in [0.29, 0.717) is 13.1 Å². The largest absolute Gasteiger partial charge is 0.497 e. The lowest BCUT2D eigenvalue weighted by Crippen LogP contribution is -2.03. The van der Waals surface area contributed by atoms with Crippen LogP contribution in [0.5, 0.6) is 5.75 Å². The molecule has 0 spiro atoms. The summed E-state index contributed by atoms with van der Waals surface area (Å²) in [6, 6.07) is 7.74. The number of rotatable bonds is 5. The smallest absolute Gasteiger partial charge is 0.118 e.